The van der Waals surface area contributed by atoms with Crippen molar-refractivity contribution in [2.24, 2.45) is 0 Å². The summed E-state index contributed by atoms with van der Waals surface area (Å²) in [5.41, 5.74) is 5.04. The van der Waals surface area contributed by atoms with Gasteiger partial charge in [0.05, 0.1) is 23.5 Å². The zero-order valence-electron chi connectivity index (χ0n) is 18.6. The molecule has 2 fully saturated rings. The predicted molar refractivity (Wildman–Crippen MR) is 116 cm³/mol. The number of carbonyl (C=O) groups excluding carboxylic acids is 1. The summed E-state index contributed by atoms with van der Waals surface area (Å²) in [5, 5.41) is 7.44. The number of aromatic amines is 1. The van der Waals surface area contributed by atoms with Crippen molar-refractivity contribution in [3.8, 4) is 0 Å². The van der Waals surface area contributed by atoms with E-state index in [9.17, 15) is 4.79 Å². The normalized spacial score (nSPS) is 20.5. The van der Waals surface area contributed by atoms with Gasteiger partial charge in [-0.1, -0.05) is 0 Å². The van der Waals surface area contributed by atoms with Gasteiger partial charge >= 0.3 is 0 Å². The third kappa shape index (κ3) is 4.27. The average molecular weight is 412 g/mol. The molecule has 7 heteroatoms. The number of nitrogens with one attached hydrogen (secondary N) is 1. The van der Waals surface area contributed by atoms with E-state index < -0.39 is 0 Å². The maximum atomic E-state index is 12.8. The second-order valence-electron chi connectivity index (χ2n) is 8.95. The zero-order chi connectivity index (χ0) is 21.3. The Balaban J connectivity index is 1.36. The van der Waals surface area contributed by atoms with Gasteiger partial charge in [-0.05, 0) is 64.7 Å². The van der Waals surface area contributed by atoms with Gasteiger partial charge in [-0.25, -0.2) is 0 Å². The number of rotatable bonds is 4. The third-order valence-electron chi connectivity index (χ3n) is 6.80. The lowest BCUT2D eigenvalue weighted by molar-refractivity contribution is -0.139. The highest BCUT2D eigenvalue weighted by Gasteiger charge is 2.41. The van der Waals surface area contributed by atoms with Crippen LogP contribution in [-0.4, -0.2) is 75.3 Å². The van der Waals surface area contributed by atoms with E-state index >= 15 is 0 Å². The monoisotopic (exact) mass is 411 g/mol. The Morgan fingerprint density at radius 3 is 2.63 bits per heavy atom. The molecule has 2 aromatic rings. The highest BCUT2D eigenvalue weighted by Crippen LogP contribution is 2.32. The molecule has 162 valence electrons. The van der Waals surface area contributed by atoms with Gasteiger partial charge in [-0.15, -0.1) is 0 Å². The molecule has 7 nitrogen and oxygen atoms in total. The SMILES string of the molecule is Cc1ccc(C(=O)N2CCC3(CC2)CN(C(C)Cc2c(C)n[nH]c2C)CCO3)cn1. The number of amides is 1. The Bertz CT molecular complexity index is 864. The Labute approximate surface area is 178 Å². The lowest BCUT2D eigenvalue weighted by atomic mass is 9.88. The first-order chi connectivity index (χ1) is 14.4. The minimum Gasteiger partial charge on any atom is -0.372 e. The number of hydrogen-bond acceptors (Lipinski definition) is 5. The zero-order valence-corrected chi connectivity index (χ0v) is 18.6. The number of aromatic nitrogens is 3. The number of aryl methyl sites for hydroxylation is 3. The summed E-state index contributed by atoms with van der Waals surface area (Å²) in [7, 11) is 0. The van der Waals surface area contributed by atoms with E-state index in [1.54, 1.807) is 6.20 Å². The molecule has 0 aromatic carbocycles. The molecule has 1 atom stereocenters. The van der Waals surface area contributed by atoms with Gasteiger partial charge in [0.1, 0.15) is 0 Å². The first kappa shape index (κ1) is 21.0. The van der Waals surface area contributed by atoms with E-state index in [0.717, 1.165) is 63.4 Å². The van der Waals surface area contributed by atoms with Crippen molar-refractivity contribution in [3.05, 3.63) is 46.5 Å². The highest BCUT2D eigenvalue weighted by atomic mass is 16.5. The van der Waals surface area contributed by atoms with E-state index in [1.807, 2.05) is 24.0 Å². The molecule has 2 aliphatic heterocycles. The molecule has 4 rings (SSSR count). The molecule has 4 heterocycles. The van der Waals surface area contributed by atoms with Crippen LogP contribution in [0, 0.1) is 20.8 Å². The second-order valence-corrected chi connectivity index (χ2v) is 8.95. The van der Waals surface area contributed by atoms with Crippen molar-refractivity contribution in [1.82, 2.24) is 25.0 Å². The van der Waals surface area contributed by atoms with Crippen LogP contribution < -0.4 is 0 Å². The third-order valence-corrected chi connectivity index (χ3v) is 6.80. The van der Waals surface area contributed by atoms with Crippen LogP contribution >= 0.6 is 0 Å². The summed E-state index contributed by atoms with van der Waals surface area (Å²) in [4.78, 5) is 21.6. The van der Waals surface area contributed by atoms with Gasteiger partial charge in [-0.2, -0.15) is 5.10 Å². The molecular weight excluding hydrogens is 378 g/mol. The number of nitrogens with zero attached hydrogens (tertiary/aromatic N) is 4. The first-order valence-electron chi connectivity index (χ1n) is 11.0. The van der Waals surface area contributed by atoms with Crippen LogP contribution in [0.2, 0.25) is 0 Å². The van der Waals surface area contributed by atoms with E-state index in [-0.39, 0.29) is 11.5 Å². The number of H-pyrrole nitrogens is 1. The fourth-order valence-electron chi connectivity index (χ4n) is 4.75. The standard InChI is InChI=1S/C23H33N5O2/c1-16-5-6-20(14-24-16)22(29)27-9-7-23(8-10-27)15-28(11-12-30-23)17(2)13-21-18(3)25-26-19(21)4/h5-6,14,17H,7-13,15H2,1-4H3,(H,25,26). The number of pyridine rings is 1. The van der Waals surface area contributed by atoms with Crippen molar-refractivity contribution >= 4 is 5.91 Å². The van der Waals surface area contributed by atoms with Gasteiger partial charge in [-0.3, -0.25) is 19.8 Å². The fourth-order valence-corrected chi connectivity index (χ4v) is 4.75. The number of ether oxygens (including phenoxy) is 1. The summed E-state index contributed by atoms with van der Waals surface area (Å²) in [6.07, 6.45) is 4.44. The predicted octanol–water partition coefficient (Wildman–Crippen LogP) is 2.67. The summed E-state index contributed by atoms with van der Waals surface area (Å²) in [6, 6.07) is 4.19. The molecule has 2 aliphatic rings. The topological polar surface area (TPSA) is 74.4 Å². The van der Waals surface area contributed by atoms with Crippen LogP contribution in [0.1, 0.15) is 52.8 Å². The van der Waals surface area contributed by atoms with Crippen molar-refractivity contribution in [2.45, 2.75) is 58.6 Å². The maximum absolute atomic E-state index is 12.8. The van der Waals surface area contributed by atoms with Gasteiger partial charge in [0.15, 0.2) is 0 Å². The fraction of sp³-hybridized carbons (Fsp3) is 0.609. The van der Waals surface area contributed by atoms with E-state index in [4.69, 9.17) is 4.74 Å². The first-order valence-corrected chi connectivity index (χ1v) is 11.0. The Morgan fingerprint density at radius 1 is 1.23 bits per heavy atom. The summed E-state index contributed by atoms with van der Waals surface area (Å²) < 4.78 is 6.31. The number of hydrogen-bond donors (Lipinski definition) is 1. The summed E-state index contributed by atoms with van der Waals surface area (Å²) in [5.74, 6) is 0.0734. The van der Waals surface area contributed by atoms with Crippen molar-refractivity contribution in [3.63, 3.8) is 0 Å². The summed E-state index contributed by atoms with van der Waals surface area (Å²) >= 11 is 0. The quantitative estimate of drug-likeness (QED) is 0.837. The lowest BCUT2D eigenvalue weighted by Gasteiger charge is -2.48. The smallest absolute Gasteiger partial charge is 0.255 e. The van der Waals surface area contributed by atoms with Gasteiger partial charge in [0, 0.05) is 49.8 Å². The molecule has 0 saturated carbocycles. The van der Waals surface area contributed by atoms with E-state index in [0.29, 0.717) is 11.6 Å². The molecule has 0 radical (unpaired) electrons. The Morgan fingerprint density at radius 2 is 2.00 bits per heavy atom. The van der Waals surface area contributed by atoms with Crippen LogP contribution in [0.5, 0.6) is 0 Å². The summed E-state index contributed by atoms with van der Waals surface area (Å²) in [6.45, 7) is 12.5. The van der Waals surface area contributed by atoms with Gasteiger partial charge in [0.25, 0.3) is 5.91 Å². The maximum Gasteiger partial charge on any atom is 0.255 e. The van der Waals surface area contributed by atoms with Gasteiger partial charge in [0.2, 0.25) is 0 Å². The molecule has 0 bridgehead atoms. The van der Waals surface area contributed by atoms with Crippen LogP contribution in [-0.2, 0) is 11.2 Å². The second kappa shape index (κ2) is 8.47. The Hall–Kier alpha value is -2.25. The van der Waals surface area contributed by atoms with Crippen molar-refractivity contribution in [2.75, 3.05) is 32.8 Å². The molecule has 2 saturated heterocycles. The van der Waals surface area contributed by atoms with Crippen molar-refractivity contribution in [1.29, 1.82) is 0 Å². The molecule has 1 spiro atoms. The minimum atomic E-state index is -0.144. The molecule has 1 amide bonds. The van der Waals surface area contributed by atoms with Crippen LogP contribution in [0.3, 0.4) is 0 Å². The molecule has 2 aromatic heterocycles. The largest absolute Gasteiger partial charge is 0.372 e. The van der Waals surface area contributed by atoms with E-state index in [1.165, 1.54) is 11.3 Å². The number of carbonyl (C=O) groups is 1. The van der Waals surface area contributed by atoms with Crippen molar-refractivity contribution < 1.29 is 9.53 Å². The molecular formula is C23H33N5O2. The number of likely N-dealkylation sites (tertiary alicyclic amines) is 1. The number of piperidine rings is 1. The Kier molecular flexibility index (Phi) is 5.93. The van der Waals surface area contributed by atoms with Crippen LogP contribution in [0.25, 0.3) is 0 Å². The molecule has 1 N–H and O–H groups in total. The van der Waals surface area contributed by atoms with Gasteiger partial charge < -0.3 is 9.64 Å². The highest BCUT2D eigenvalue weighted by molar-refractivity contribution is 5.94. The average Bonchev–Trinajstić information content (AvgIpc) is 3.06. The molecule has 30 heavy (non-hydrogen) atoms. The van der Waals surface area contributed by atoms with E-state index in [2.05, 4.69) is 40.9 Å². The lowest BCUT2D eigenvalue weighted by Crippen LogP contribution is -2.59. The minimum absolute atomic E-state index is 0.0734. The number of morpholine rings is 1. The molecule has 0 aliphatic carbocycles. The van der Waals surface area contributed by atoms with Crippen LogP contribution in [0.15, 0.2) is 18.3 Å². The van der Waals surface area contributed by atoms with Crippen LogP contribution in [0.4, 0.5) is 0 Å². The molecule has 1 unspecified atom stereocenters.